The largest absolute Gasteiger partial charge is 0.207 e. The smallest absolute Gasteiger partial charge is 0.129 e. The van der Waals surface area contributed by atoms with Crippen molar-refractivity contribution in [1.29, 1.82) is 5.26 Å². The maximum Gasteiger partial charge on any atom is 0.129 e. The van der Waals surface area contributed by atoms with Crippen molar-refractivity contribution in [3.05, 3.63) is 69.8 Å². The van der Waals surface area contributed by atoms with Crippen molar-refractivity contribution in [3.63, 3.8) is 0 Å². The lowest BCUT2D eigenvalue weighted by Gasteiger charge is -2.26. The van der Waals surface area contributed by atoms with Crippen LogP contribution >= 0.6 is 0 Å². The van der Waals surface area contributed by atoms with Crippen molar-refractivity contribution < 1.29 is 8.78 Å². The lowest BCUT2D eigenvalue weighted by molar-refractivity contribution is 0.489. The Balaban J connectivity index is 1.86. The molecular weight excluding hydrogens is 304 g/mol. The van der Waals surface area contributed by atoms with Crippen LogP contribution in [0.4, 0.5) is 8.78 Å². The Bertz CT molecular complexity index is 766. The van der Waals surface area contributed by atoms with Crippen LogP contribution in [-0.4, -0.2) is 0 Å². The van der Waals surface area contributed by atoms with E-state index in [-0.39, 0.29) is 11.5 Å². The molecule has 0 heterocycles. The fourth-order valence-corrected chi connectivity index (χ4v) is 3.62. The van der Waals surface area contributed by atoms with Gasteiger partial charge in [0.1, 0.15) is 11.6 Å². The molecule has 1 unspecified atom stereocenters. The number of nitrogens with zero attached hydrogens (tertiary/aromatic N) is 1. The van der Waals surface area contributed by atoms with Crippen molar-refractivity contribution in [2.24, 2.45) is 0 Å². The number of nitriles is 1. The number of rotatable bonds is 4. The summed E-state index contributed by atoms with van der Waals surface area (Å²) in [7, 11) is 0. The highest BCUT2D eigenvalue weighted by Gasteiger charge is 2.26. The maximum atomic E-state index is 14.5. The monoisotopic (exact) mass is 325 g/mol. The number of aryl methyl sites for hydroxylation is 2. The maximum absolute atomic E-state index is 14.5. The molecule has 0 N–H and O–H groups in total. The van der Waals surface area contributed by atoms with Crippen LogP contribution in [0.15, 0.2) is 30.3 Å². The van der Waals surface area contributed by atoms with Gasteiger partial charge in [0.15, 0.2) is 0 Å². The van der Waals surface area contributed by atoms with Gasteiger partial charge >= 0.3 is 0 Å². The highest BCUT2D eigenvalue weighted by molar-refractivity contribution is 5.41. The molecule has 1 aliphatic rings. The highest BCUT2D eigenvalue weighted by atomic mass is 19.1. The van der Waals surface area contributed by atoms with E-state index >= 15 is 0 Å². The molecule has 0 spiro atoms. The lowest BCUT2D eigenvalue weighted by Crippen LogP contribution is -2.16. The molecule has 1 aliphatic carbocycles. The van der Waals surface area contributed by atoms with Crippen LogP contribution in [0.25, 0.3) is 0 Å². The molecule has 0 aromatic heterocycles. The second-order valence-corrected chi connectivity index (χ2v) is 6.61. The third kappa shape index (κ3) is 3.33. The van der Waals surface area contributed by atoms with Gasteiger partial charge in [-0.1, -0.05) is 19.4 Å². The first-order valence-corrected chi connectivity index (χ1v) is 8.62. The summed E-state index contributed by atoms with van der Waals surface area (Å²) in [5.74, 6) is -0.961. The Hall–Kier alpha value is -2.21. The molecule has 0 saturated carbocycles. The number of hydrogen-bond acceptors (Lipinski definition) is 1. The van der Waals surface area contributed by atoms with Crippen LogP contribution in [-0.2, 0) is 19.3 Å². The lowest BCUT2D eigenvalue weighted by atomic mass is 9.79. The fraction of sp³-hybridized carbons (Fsp3) is 0.381. The van der Waals surface area contributed by atoms with Gasteiger partial charge in [0.25, 0.3) is 0 Å². The van der Waals surface area contributed by atoms with Gasteiger partial charge in [-0.05, 0) is 79.0 Å². The summed E-state index contributed by atoms with van der Waals surface area (Å²) in [4.78, 5) is 0. The second-order valence-electron chi connectivity index (χ2n) is 6.61. The molecule has 0 fully saturated rings. The summed E-state index contributed by atoms with van der Waals surface area (Å²) in [5, 5.41) is 8.98. The topological polar surface area (TPSA) is 23.8 Å². The van der Waals surface area contributed by atoms with Gasteiger partial charge in [-0.3, -0.25) is 0 Å². The first-order chi connectivity index (χ1) is 11.6. The van der Waals surface area contributed by atoms with E-state index in [0.29, 0.717) is 18.4 Å². The molecule has 2 aromatic rings. The van der Waals surface area contributed by atoms with Crippen molar-refractivity contribution in [2.45, 2.75) is 51.4 Å². The van der Waals surface area contributed by atoms with Gasteiger partial charge in [-0.2, -0.15) is 5.26 Å². The molecule has 3 rings (SSSR count). The van der Waals surface area contributed by atoms with E-state index in [2.05, 4.69) is 13.0 Å². The molecule has 0 amide bonds. The Kier molecular flexibility index (Phi) is 4.94. The summed E-state index contributed by atoms with van der Waals surface area (Å²) in [6.07, 6.45) is 4.76. The standard InChI is InChI=1S/C21H21F2N/c1-2-3-4-14-10-19(22)21(20(23)11-14)18-8-7-16-9-15(13-24)5-6-17(16)12-18/h5-6,9-11,18H,2-4,7-8,12H2,1H3. The summed E-state index contributed by atoms with van der Waals surface area (Å²) in [5.41, 5.74) is 3.84. The van der Waals surface area contributed by atoms with E-state index in [1.54, 1.807) is 6.07 Å². The fourth-order valence-electron chi connectivity index (χ4n) is 3.62. The van der Waals surface area contributed by atoms with E-state index in [1.807, 2.05) is 12.1 Å². The van der Waals surface area contributed by atoms with Crippen LogP contribution in [0, 0.1) is 23.0 Å². The normalized spacial score (nSPS) is 16.5. The zero-order valence-electron chi connectivity index (χ0n) is 13.9. The quantitative estimate of drug-likeness (QED) is 0.733. The molecular formula is C21H21F2N. The molecule has 24 heavy (non-hydrogen) atoms. The second kappa shape index (κ2) is 7.13. The predicted molar refractivity (Wildman–Crippen MR) is 90.9 cm³/mol. The minimum atomic E-state index is -0.414. The van der Waals surface area contributed by atoms with Crippen LogP contribution in [0.5, 0.6) is 0 Å². The number of fused-ring (bicyclic) bond motifs is 1. The summed E-state index contributed by atoms with van der Waals surface area (Å²) < 4.78 is 29.1. The Labute approximate surface area is 141 Å². The summed E-state index contributed by atoms with van der Waals surface area (Å²) in [6.45, 7) is 2.07. The third-order valence-corrected chi connectivity index (χ3v) is 4.93. The number of hydrogen-bond donors (Lipinski definition) is 0. The van der Waals surface area contributed by atoms with Crippen molar-refractivity contribution in [3.8, 4) is 6.07 Å². The zero-order chi connectivity index (χ0) is 17.1. The third-order valence-electron chi connectivity index (χ3n) is 4.93. The minimum Gasteiger partial charge on any atom is -0.207 e. The van der Waals surface area contributed by atoms with Gasteiger partial charge in [0.05, 0.1) is 11.6 Å². The molecule has 0 aliphatic heterocycles. The van der Waals surface area contributed by atoms with Gasteiger partial charge in [0, 0.05) is 5.56 Å². The first-order valence-electron chi connectivity index (χ1n) is 8.62. The molecule has 3 heteroatoms. The van der Waals surface area contributed by atoms with Gasteiger partial charge < -0.3 is 0 Å². The van der Waals surface area contributed by atoms with E-state index < -0.39 is 11.6 Å². The minimum absolute atomic E-state index is 0.134. The van der Waals surface area contributed by atoms with Gasteiger partial charge in [-0.25, -0.2) is 8.78 Å². The molecule has 124 valence electrons. The molecule has 1 nitrogen and oxygen atoms in total. The van der Waals surface area contributed by atoms with Crippen molar-refractivity contribution >= 4 is 0 Å². The Morgan fingerprint density at radius 1 is 1.12 bits per heavy atom. The molecule has 0 saturated heterocycles. The molecule has 0 bridgehead atoms. The van der Waals surface area contributed by atoms with Gasteiger partial charge in [0.2, 0.25) is 0 Å². The van der Waals surface area contributed by atoms with E-state index in [9.17, 15) is 8.78 Å². The van der Waals surface area contributed by atoms with Crippen molar-refractivity contribution in [1.82, 2.24) is 0 Å². The van der Waals surface area contributed by atoms with Gasteiger partial charge in [-0.15, -0.1) is 0 Å². The summed E-state index contributed by atoms with van der Waals surface area (Å²) in [6, 6.07) is 10.7. The van der Waals surface area contributed by atoms with E-state index in [1.165, 1.54) is 12.1 Å². The Morgan fingerprint density at radius 2 is 1.88 bits per heavy atom. The SMILES string of the molecule is CCCCc1cc(F)c(C2CCc3cc(C#N)ccc3C2)c(F)c1. The average molecular weight is 325 g/mol. The highest BCUT2D eigenvalue weighted by Crippen LogP contribution is 2.36. The number of unbranched alkanes of at least 4 members (excludes halogenated alkanes) is 1. The number of halogens is 2. The average Bonchev–Trinajstić information content (AvgIpc) is 2.58. The first kappa shape index (κ1) is 16.6. The van der Waals surface area contributed by atoms with Crippen LogP contribution in [0.3, 0.4) is 0 Å². The zero-order valence-corrected chi connectivity index (χ0v) is 13.9. The number of benzene rings is 2. The van der Waals surface area contributed by atoms with Crippen molar-refractivity contribution in [2.75, 3.05) is 0 Å². The van der Waals surface area contributed by atoms with Crippen LogP contribution < -0.4 is 0 Å². The Morgan fingerprint density at radius 3 is 2.54 bits per heavy atom. The molecule has 0 radical (unpaired) electrons. The molecule has 1 atom stereocenters. The van der Waals surface area contributed by atoms with E-state index in [4.69, 9.17) is 5.26 Å². The molecule has 2 aromatic carbocycles. The van der Waals surface area contributed by atoms with Crippen LogP contribution in [0.1, 0.15) is 59.9 Å². The predicted octanol–water partition coefficient (Wildman–Crippen LogP) is 5.45. The van der Waals surface area contributed by atoms with E-state index in [0.717, 1.165) is 42.4 Å². The van der Waals surface area contributed by atoms with Crippen LogP contribution in [0.2, 0.25) is 0 Å². The summed E-state index contributed by atoms with van der Waals surface area (Å²) >= 11 is 0.